The quantitative estimate of drug-likeness (QED) is 0.233. The van der Waals surface area contributed by atoms with E-state index in [2.05, 4.69) is 32.5 Å². The van der Waals surface area contributed by atoms with Gasteiger partial charge in [-0.05, 0) is 59.5 Å². The molecule has 0 aliphatic rings. The zero-order chi connectivity index (χ0) is 23.2. The predicted octanol–water partition coefficient (Wildman–Crippen LogP) is 6.49. The van der Waals surface area contributed by atoms with Crippen molar-refractivity contribution in [2.45, 2.75) is 26.9 Å². The number of hydrogen-bond acceptors (Lipinski definition) is 3. The first-order valence-corrected chi connectivity index (χ1v) is 11.6. The maximum atomic E-state index is 12.5. The monoisotopic (exact) mass is 500 g/mol. The SMILES string of the molecule is Cc1ccc(CC(=O)N/N=C/c2c(OCc3ccc(Br)cc3)ccc3ccccc23)c(C)c1. The van der Waals surface area contributed by atoms with Crippen molar-refractivity contribution >= 4 is 38.8 Å². The van der Waals surface area contributed by atoms with E-state index in [1.54, 1.807) is 6.21 Å². The summed E-state index contributed by atoms with van der Waals surface area (Å²) in [4.78, 5) is 12.5. The molecule has 4 rings (SSSR count). The molecule has 1 amide bonds. The van der Waals surface area contributed by atoms with Crippen LogP contribution >= 0.6 is 15.9 Å². The Balaban J connectivity index is 1.52. The number of ether oxygens (including phenoxy) is 1. The molecule has 0 aromatic heterocycles. The number of halogens is 1. The summed E-state index contributed by atoms with van der Waals surface area (Å²) >= 11 is 3.46. The zero-order valence-electron chi connectivity index (χ0n) is 18.6. The minimum atomic E-state index is -0.157. The number of nitrogens with zero attached hydrogens (tertiary/aromatic N) is 1. The molecule has 33 heavy (non-hydrogen) atoms. The molecule has 0 unspecified atom stereocenters. The Labute approximate surface area is 202 Å². The van der Waals surface area contributed by atoms with Crippen molar-refractivity contribution in [2.75, 3.05) is 0 Å². The van der Waals surface area contributed by atoms with E-state index in [0.29, 0.717) is 12.4 Å². The predicted molar refractivity (Wildman–Crippen MR) is 138 cm³/mol. The van der Waals surface area contributed by atoms with E-state index in [1.165, 1.54) is 5.56 Å². The van der Waals surface area contributed by atoms with Crippen LogP contribution in [0.2, 0.25) is 0 Å². The van der Waals surface area contributed by atoms with Crippen LogP contribution < -0.4 is 10.2 Å². The van der Waals surface area contributed by atoms with Gasteiger partial charge in [0.05, 0.1) is 12.6 Å². The van der Waals surface area contributed by atoms with Gasteiger partial charge in [-0.2, -0.15) is 5.10 Å². The number of amides is 1. The van der Waals surface area contributed by atoms with Gasteiger partial charge in [-0.15, -0.1) is 0 Å². The number of carbonyl (C=O) groups excluding carboxylic acids is 1. The van der Waals surface area contributed by atoms with Gasteiger partial charge in [0, 0.05) is 10.0 Å². The Hall–Kier alpha value is -3.44. The average Bonchev–Trinajstić information content (AvgIpc) is 2.81. The van der Waals surface area contributed by atoms with Crippen LogP contribution in [0, 0.1) is 13.8 Å². The van der Waals surface area contributed by atoms with Gasteiger partial charge in [0.2, 0.25) is 5.91 Å². The van der Waals surface area contributed by atoms with E-state index >= 15 is 0 Å². The third kappa shape index (κ3) is 5.88. The number of fused-ring (bicyclic) bond motifs is 1. The second-order valence-corrected chi connectivity index (χ2v) is 8.93. The molecule has 0 radical (unpaired) electrons. The van der Waals surface area contributed by atoms with Crippen molar-refractivity contribution in [3.63, 3.8) is 0 Å². The zero-order valence-corrected chi connectivity index (χ0v) is 20.2. The van der Waals surface area contributed by atoms with Crippen LogP contribution in [0.1, 0.15) is 27.8 Å². The Bertz CT molecular complexity index is 1310. The normalized spacial score (nSPS) is 11.1. The third-order valence-corrected chi connectivity index (χ3v) is 6.00. The molecule has 0 atom stereocenters. The van der Waals surface area contributed by atoms with Crippen molar-refractivity contribution < 1.29 is 9.53 Å². The highest BCUT2D eigenvalue weighted by Gasteiger charge is 2.09. The summed E-state index contributed by atoms with van der Waals surface area (Å²) in [6, 6.07) is 26.1. The van der Waals surface area contributed by atoms with E-state index < -0.39 is 0 Å². The lowest BCUT2D eigenvalue weighted by Gasteiger charge is -2.12. The van der Waals surface area contributed by atoms with Crippen molar-refractivity contribution in [1.29, 1.82) is 0 Å². The summed E-state index contributed by atoms with van der Waals surface area (Å²) < 4.78 is 7.16. The molecule has 1 N–H and O–H groups in total. The molecule has 0 aliphatic carbocycles. The lowest BCUT2D eigenvalue weighted by atomic mass is 10.0. The molecule has 0 saturated heterocycles. The average molecular weight is 501 g/mol. The first-order chi connectivity index (χ1) is 16.0. The number of benzene rings is 4. The Morgan fingerprint density at radius 1 is 1.00 bits per heavy atom. The van der Waals surface area contributed by atoms with Crippen LogP contribution in [0.25, 0.3) is 10.8 Å². The molecule has 0 heterocycles. The van der Waals surface area contributed by atoms with Gasteiger partial charge in [-0.3, -0.25) is 4.79 Å². The number of nitrogens with one attached hydrogen (secondary N) is 1. The largest absolute Gasteiger partial charge is 0.488 e. The molecule has 5 heteroatoms. The number of hydrazone groups is 1. The molecule has 0 aliphatic heterocycles. The van der Waals surface area contributed by atoms with E-state index in [1.807, 2.05) is 86.6 Å². The van der Waals surface area contributed by atoms with Crippen LogP contribution in [0.15, 0.2) is 88.4 Å². The summed E-state index contributed by atoms with van der Waals surface area (Å²) in [6.45, 7) is 4.50. The third-order valence-electron chi connectivity index (χ3n) is 5.47. The first-order valence-electron chi connectivity index (χ1n) is 10.8. The highest BCUT2D eigenvalue weighted by Crippen LogP contribution is 2.27. The first kappa shape index (κ1) is 22.7. The summed E-state index contributed by atoms with van der Waals surface area (Å²) in [5.41, 5.74) is 7.84. The minimum absolute atomic E-state index is 0.157. The lowest BCUT2D eigenvalue weighted by Crippen LogP contribution is -2.20. The highest BCUT2D eigenvalue weighted by atomic mass is 79.9. The highest BCUT2D eigenvalue weighted by molar-refractivity contribution is 9.10. The van der Waals surface area contributed by atoms with Crippen LogP contribution in [-0.2, 0) is 17.8 Å². The second kappa shape index (κ2) is 10.5. The Kier molecular flexibility index (Phi) is 7.20. The molecule has 4 aromatic rings. The minimum Gasteiger partial charge on any atom is -0.488 e. The van der Waals surface area contributed by atoms with E-state index in [0.717, 1.165) is 37.5 Å². The van der Waals surface area contributed by atoms with Crippen molar-refractivity contribution in [3.8, 4) is 5.75 Å². The standard InChI is InChI=1S/C28H25BrN2O2/c1-19-7-10-23(20(2)15-19)16-28(32)31-30-17-26-25-6-4-3-5-22(25)11-14-27(26)33-18-21-8-12-24(29)13-9-21/h3-15,17H,16,18H2,1-2H3,(H,31,32)/b30-17+. The number of aryl methyl sites for hydroxylation is 2. The van der Waals surface area contributed by atoms with Crippen molar-refractivity contribution in [3.05, 3.63) is 111 Å². The van der Waals surface area contributed by atoms with Gasteiger partial charge < -0.3 is 4.74 Å². The van der Waals surface area contributed by atoms with Gasteiger partial charge in [-0.1, -0.05) is 82.2 Å². The smallest absolute Gasteiger partial charge is 0.244 e. The molecule has 0 saturated carbocycles. The van der Waals surface area contributed by atoms with Crippen LogP contribution in [-0.4, -0.2) is 12.1 Å². The van der Waals surface area contributed by atoms with E-state index in [4.69, 9.17) is 4.74 Å². The van der Waals surface area contributed by atoms with Crippen molar-refractivity contribution in [1.82, 2.24) is 5.43 Å². The van der Waals surface area contributed by atoms with E-state index in [9.17, 15) is 4.79 Å². The summed E-state index contributed by atoms with van der Waals surface area (Å²) in [6.07, 6.45) is 1.95. The van der Waals surface area contributed by atoms with Gasteiger partial charge in [0.15, 0.2) is 0 Å². The topological polar surface area (TPSA) is 50.7 Å². The van der Waals surface area contributed by atoms with Crippen LogP contribution in [0.4, 0.5) is 0 Å². The van der Waals surface area contributed by atoms with Crippen LogP contribution in [0.3, 0.4) is 0 Å². The van der Waals surface area contributed by atoms with Gasteiger partial charge >= 0.3 is 0 Å². The maximum Gasteiger partial charge on any atom is 0.244 e. The molecule has 4 aromatic carbocycles. The molecule has 4 nitrogen and oxygen atoms in total. The number of rotatable bonds is 7. The number of carbonyl (C=O) groups is 1. The molecule has 0 fully saturated rings. The van der Waals surface area contributed by atoms with Crippen molar-refractivity contribution in [2.24, 2.45) is 5.10 Å². The molecular formula is C28H25BrN2O2. The maximum absolute atomic E-state index is 12.5. The summed E-state index contributed by atoms with van der Waals surface area (Å²) in [5, 5.41) is 6.34. The Morgan fingerprint density at radius 3 is 2.58 bits per heavy atom. The molecule has 0 spiro atoms. The number of hydrogen-bond donors (Lipinski definition) is 1. The van der Waals surface area contributed by atoms with Crippen LogP contribution in [0.5, 0.6) is 5.75 Å². The Morgan fingerprint density at radius 2 is 1.79 bits per heavy atom. The fraction of sp³-hybridized carbons (Fsp3) is 0.143. The fourth-order valence-corrected chi connectivity index (χ4v) is 3.97. The lowest BCUT2D eigenvalue weighted by molar-refractivity contribution is -0.120. The van der Waals surface area contributed by atoms with Gasteiger partial charge in [0.1, 0.15) is 12.4 Å². The molecular weight excluding hydrogens is 476 g/mol. The second-order valence-electron chi connectivity index (χ2n) is 8.01. The summed E-state index contributed by atoms with van der Waals surface area (Å²) in [7, 11) is 0. The van der Waals surface area contributed by atoms with E-state index in [-0.39, 0.29) is 12.3 Å². The van der Waals surface area contributed by atoms with Gasteiger partial charge in [0.25, 0.3) is 0 Å². The molecule has 0 bridgehead atoms. The van der Waals surface area contributed by atoms with Gasteiger partial charge in [-0.25, -0.2) is 5.43 Å². The fourth-order valence-electron chi connectivity index (χ4n) is 3.70. The molecule has 166 valence electrons. The summed E-state index contributed by atoms with van der Waals surface area (Å²) in [5.74, 6) is 0.555.